The molecule has 0 aromatic heterocycles. The van der Waals surface area contributed by atoms with Crippen molar-refractivity contribution in [2.24, 2.45) is 5.73 Å². The zero-order chi connectivity index (χ0) is 14.5. The molecule has 2 N–H and O–H groups in total. The zero-order valence-electron chi connectivity index (χ0n) is 11.2. The molecule has 19 heavy (non-hydrogen) atoms. The Balaban J connectivity index is 2.37. The van der Waals surface area contributed by atoms with Crippen LogP contribution in [0.15, 0.2) is 0 Å². The van der Waals surface area contributed by atoms with E-state index in [9.17, 15) is 13.2 Å². The van der Waals surface area contributed by atoms with Crippen LogP contribution in [0.5, 0.6) is 0 Å². The second-order valence-electron chi connectivity index (χ2n) is 4.95. The van der Waals surface area contributed by atoms with Crippen molar-refractivity contribution in [2.75, 3.05) is 32.7 Å². The number of hydrogen-bond donors (Lipinski definition) is 1. The smallest absolute Gasteiger partial charge is 0.390 e. The fourth-order valence-electron chi connectivity index (χ4n) is 2.36. The molecule has 0 aromatic rings. The summed E-state index contributed by atoms with van der Waals surface area (Å²) < 4.78 is 36.5. The first-order valence-corrected chi connectivity index (χ1v) is 7.06. The molecule has 1 aliphatic heterocycles. The summed E-state index contributed by atoms with van der Waals surface area (Å²) in [4.78, 5) is 4.54. The average molecular weight is 297 g/mol. The number of alkyl halides is 3. The third kappa shape index (κ3) is 6.05. The maximum Gasteiger partial charge on any atom is 0.390 e. The van der Waals surface area contributed by atoms with Crippen LogP contribution in [0.4, 0.5) is 13.2 Å². The van der Waals surface area contributed by atoms with Crippen molar-refractivity contribution >= 4 is 17.2 Å². The number of nitrogens with zero attached hydrogens (tertiary/aromatic N) is 2. The molecule has 7 heteroatoms. The maximum atomic E-state index is 12.2. The lowest BCUT2D eigenvalue weighted by Gasteiger charge is -2.39. The van der Waals surface area contributed by atoms with Gasteiger partial charge in [0.15, 0.2) is 0 Å². The molecule has 1 fully saturated rings. The summed E-state index contributed by atoms with van der Waals surface area (Å²) in [6.07, 6.45) is -2.89. The number of nitrogens with two attached hydrogens (primary N) is 1. The van der Waals surface area contributed by atoms with Gasteiger partial charge in [0, 0.05) is 32.7 Å². The van der Waals surface area contributed by atoms with Crippen LogP contribution in [0.2, 0.25) is 0 Å². The van der Waals surface area contributed by atoms with Gasteiger partial charge in [-0.2, -0.15) is 13.2 Å². The summed E-state index contributed by atoms with van der Waals surface area (Å²) in [6.45, 7) is 4.94. The Labute approximate surface area is 117 Å². The highest BCUT2D eigenvalue weighted by atomic mass is 32.1. The van der Waals surface area contributed by atoms with E-state index in [1.807, 2.05) is 4.90 Å². The molecule has 1 rings (SSSR count). The minimum atomic E-state index is -4.07. The molecule has 0 radical (unpaired) electrons. The molecule has 1 saturated heterocycles. The lowest BCUT2D eigenvalue weighted by molar-refractivity contribution is -0.138. The van der Waals surface area contributed by atoms with E-state index >= 15 is 0 Å². The fourth-order valence-corrected chi connectivity index (χ4v) is 2.63. The highest BCUT2D eigenvalue weighted by Crippen LogP contribution is 2.20. The Morgan fingerprint density at radius 1 is 1.26 bits per heavy atom. The van der Waals surface area contributed by atoms with Crippen molar-refractivity contribution < 1.29 is 13.2 Å². The Morgan fingerprint density at radius 3 is 2.26 bits per heavy atom. The van der Waals surface area contributed by atoms with Gasteiger partial charge in [0.25, 0.3) is 0 Å². The summed E-state index contributed by atoms with van der Waals surface area (Å²) in [7, 11) is 0. The molecule has 3 nitrogen and oxygen atoms in total. The van der Waals surface area contributed by atoms with E-state index in [1.165, 1.54) is 0 Å². The normalized spacial score (nSPS) is 20.4. The van der Waals surface area contributed by atoms with Crippen LogP contribution in [-0.4, -0.2) is 59.7 Å². The molecule has 0 aromatic carbocycles. The molecule has 1 unspecified atom stereocenters. The molecule has 0 saturated carbocycles. The van der Waals surface area contributed by atoms with Gasteiger partial charge >= 0.3 is 6.18 Å². The number of piperazine rings is 1. The Bertz CT molecular complexity index is 288. The minimum Gasteiger partial charge on any atom is -0.392 e. The number of rotatable bonds is 6. The second-order valence-corrected chi connectivity index (χ2v) is 5.42. The van der Waals surface area contributed by atoms with E-state index in [0.717, 1.165) is 25.9 Å². The van der Waals surface area contributed by atoms with E-state index in [2.05, 4.69) is 11.8 Å². The Hall–Kier alpha value is -0.400. The number of halogens is 3. The van der Waals surface area contributed by atoms with Crippen LogP contribution < -0.4 is 5.73 Å². The monoisotopic (exact) mass is 297 g/mol. The highest BCUT2D eigenvalue weighted by Gasteiger charge is 2.30. The number of thiocarbonyl (C=S) groups is 1. The van der Waals surface area contributed by atoms with Gasteiger partial charge in [0.05, 0.1) is 17.5 Å². The van der Waals surface area contributed by atoms with Crippen LogP contribution in [0.3, 0.4) is 0 Å². The third-order valence-corrected chi connectivity index (χ3v) is 3.72. The molecular weight excluding hydrogens is 275 g/mol. The predicted octanol–water partition coefficient (Wildman–Crippen LogP) is 2.01. The topological polar surface area (TPSA) is 32.5 Å². The first-order chi connectivity index (χ1) is 8.83. The van der Waals surface area contributed by atoms with Crippen LogP contribution >= 0.6 is 12.2 Å². The largest absolute Gasteiger partial charge is 0.392 e. The molecule has 1 atom stereocenters. The van der Waals surface area contributed by atoms with Gasteiger partial charge in [-0.05, 0) is 6.42 Å². The molecule has 112 valence electrons. The molecule has 1 heterocycles. The molecular formula is C12H22F3N3S. The summed E-state index contributed by atoms with van der Waals surface area (Å²) in [5.41, 5.74) is 5.73. The first-order valence-electron chi connectivity index (χ1n) is 6.66. The third-order valence-electron chi connectivity index (χ3n) is 3.45. The average Bonchev–Trinajstić information content (AvgIpc) is 2.33. The SMILES string of the molecule is CCCC(C(N)=S)N1CCN(CCC(F)(F)F)CC1. The van der Waals surface area contributed by atoms with Crippen LogP contribution in [0.1, 0.15) is 26.2 Å². The van der Waals surface area contributed by atoms with Gasteiger partial charge in [-0.3, -0.25) is 4.90 Å². The number of hydrogen-bond acceptors (Lipinski definition) is 3. The van der Waals surface area contributed by atoms with Crippen molar-refractivity contribution in [3.8, 4) is 0 Å². The fraction of sp³-hybridized carbons (Fsp3) is 0.917. The van der Waals surface area contributed by atoms with E-state index in [1.54, 1.807) is 0 Å². The van der Waals surface area contributed by atoms with Gasteiger partial charge in [0.2, 0.25) is 0 Å². The zero-order valence-corrected chi connectivity index (χ0v) is 12.1. The van der Waals surface area contributed by atoms with Crippen molar-refractivity contribution in [1.82, 2.24) is 9.80 Å². The highest BCUT2D eigenvalue weighted by molar-refractivity contribution is 7.80. The Morgan fingerprint density at radius 2 is 1.84 bits per heavy atom. The van der Waals surface area contributed by atoms with E-state index in [4.69, 9.17) is 18.0 Å². The molecule has 0 spiro atoms. The minimum absolute atomic E-state index is 0.0862. The molecule has 0 amide bonds. The Kier molecular flexibility index (Phi) is 6.49. The van der Waals surface area contributed by atoms with Gasteiger partial charge in [0.1, 0.15) is 0 Å². The van der Waals surface area contributed by atoms with Gasteiger partial charge < -0.3 is 10.6 Å². The first kappa shape index (κ1) is 16.7. The van der Waals surface area contributed by atoms with E-state index < -0.39 is 12.6 Å². The summed E-state index contributed by atoms with van der Waals surface area (Å²) in [5.74, 6) is 0. The lowest BCUT2D eigenvalue weighted by atomic mass is 10.1. The van der Waals surface area contributed by atoms with Gasteiger partial charge in [-0.15, -0.1) is 0 Å². The maximum absolute atomic E-state index is 12.2. The molecule has 0 aliphatic carbocycles. The van der Waals surface area contributed by atoms with Crippen molar-refractivity contribution in [3.05, 3.63) is 0 Å². The van der Waals surface area contributed by atoms with E-state index in [0.29, 0.717) is 18.1 Å². The van der Waals surface area contributed by atoms with Gasteiger partial charge in [-0.1, -0.05) is 25.6 Å². The van der Waals surface area contributed by atoms with Crippen LogP contribution in [-0.2, 0) is 0 Å². The van der Waals surface area contributed by atoms with Gasteiger partial charge in [-0.25, -0.2) is 0 Å². The quantitative estimate of drug-likeness (QED) is 0.760. The second kappa shape index (κ2) is 7.40. The molecule has 0 bridgehead atoms. The summed E-state index contributed by atoms with van der Waals surface area (Å²) in [6, 6.07) is 0.0877. The van der Waals surface area contributed by atoms with Crippen molar-refractivity contribution in [3.63, 3.8) is 0 Å². The summed E-state index contributed by atoms with van der Waals surface area (Å²) in [5, 5.41) is 0. The molecule has 1 aliphatic rings. The summed E-state index contributed by atoms with van der Waals surface area (Å²) >= 11 is 5.07. The van der Waals surface area contributed by atoms with E-state index in [-0.39, 0.29) is 12.6 Å². The van der Waals surface area contributed by atoms with Crippen LogP contribution in [0, 0.1) is 0 Å². The predicted molar refractivity (Wildman–Crippen MR) is 74.2 cm³/mol. The van der Waals surface area contributed by atoms with Crippen molar-refractivity contribution in [2.45, 2.75) is 38.4 Å². The van der Waals surface area contributed by atoms with Crippen LogP contribution in [0.25, 0.3) is 0 Å². The van der Waals surface area contributed by atoms with Crippen molar-refractivity contribution in [1.29, 1.82) is 0 Å². The lowest BCUT2D eigenvalue weighted by Crippen LogP contribution is -2.54. The standard InChI is InChI=1S/C12H22F3N3S/c1-2-3-10(11(16)19)18-8-6-17(7-9-18)5-4-12(13,14)15/h10H,2-9H2,1H3,(H2,16,19).